The number of ether oxygens (including phenoxy) is 1. The molecule has 0 atom stereocenters. The van der Waals surface area contributed by atoms with E-state index in [-0.39, 0.29) is 0 Å². The molecule has 2 N–H and O–H groups in total. The van der Waals surface area contributed by atoms with Gasteiger partial charge in [0, 0.05) is 11.0 Å². The number of methoxy groups -OCH3 is 1. The highest BCUT2D eigenvalue weighted by Crippen LogP contribution is 2.28. The van der Waals surface area contributed by atoms with E-state index < -0.39 is 6.09 Å². The monoisotopic (exact) mass is 287 g/mol. The third-order valence-corrected chi connectivity index (χ3v) is 3.11. The van der Waals surface area contributed by atoms with Crippen LogP contribution in [0.3, 0.4) is 0 Å². The second-order valence-electron chi connectivity index (χ2n) is 3.34. The van der Waals surface area contributed by atoms with E-state index in [0.29, 0.717) is 13.0 Å². The van der Waals surface area contributed by atoms with Crippen molar-refractivity contribution in [3.05, 3.63) is 27.7 Å². The SMILES string of the molecule is COc1ccc(Br)c(CCNC(=O)O)c1C. The van der Waals surface area contributed by atoms with Gasteiger partial charge < -0.3 is 15.2 Å². The summed E-state index contributed by atoms with van der Waals surface area (Å²) in [7, 11) is 1.62. The second-order valence-corrected chi connectivity index (χ2v) is 4.19. The zero-order valence-electron chi connectivity index (χ0n) is 9.21. The van der Waals surface area contributed by atoms with Crippen LogP contribution >= 0.6 is 15.9 Å². The molecule has 0 bridgehead atoms. The molecule has 88 valence electrons. The number of halogens is 1. The van der Waals surface area contributed by atoms with Crippen LogP contribution in [0.4, 0.5) is 4.79 Å². The lowest BCUT2D eigenvalue weighted by molar-refractivity contribution is 0.194. The molecule has 0 heterocycles. The summed E-state index contributed by atoms with van der Waals surface area (Å²) in [5.74, 6) is 0.813. The first kappa shape index (κ1) is 12.8. The Bertz CT molecular complexity index is 393. The van der Waals surface area contributed by atoms with E-state index in [0.717, 1.165) is 21.3 Å². The van der Waals surface area contributed by atoms with Gasteiger partial charge in [-0.3, -0.25) is 0 Å². The highest BCUT2D eigenvalue weighted by Gasteiger charge is 2.08. The first-order chi connectivity index (χ1) is 7.56. The lowest BCUT2D eigenvalue weighted by Gasteiger charge is -2.12. The maximum absolute atomic E-state index is 10.3. The fraction of sp³-hybridized carbons (Fsp3) is 0.364. The molecule has 0 radical (unpaired) electrons. The molecule has 5 heteroatoms. The molecule has 1 aromatic carbocycles. The van der Waals surface area contributed by atoms with Gasteiger partial charge in [0.25, 0.3) is 0 Å². The van der Waals surface area contributed by atoms with Crippen molar-refractivity contribution in [2.45, 2.75) is 13.3 Å². The van der Waals surface area contributed by atoms with E-state index in [4.69, 9.17) is 9.84 Å². The van der Waals surface area contributed by atoms with Crippen molar-refractivity contribution in [3.8, 4) is 5.75 Å². The molecule has 0 spiro atoms. The molecule has 1 aromatic rings. The Balaban J connectivity index is 2.81. The summed E-state index contributed by atoms with van der Waals surface area (Å²) in [6, 6.07) is 3.79. The molecule has 0 unspecified atom stereocenters. The smallest absolute Gasteiger partial charge is 0.404 e. The van der Waals surface area contributed by atoms with Crippen molar-refractivity contribution < 1.29 is 14.6 Å². The molecule has 0 aliphatic heterocycles. The average Bonchev–Trinajstić information content (AvgIpc) is 2.23. The summed E-state index contributed by atoms with van der Waals surface area (Å²) in [4.78, 5) is 10.3. The number of amides is 1. The number of hydrogen-bond acceptors (Lipinski definition) is 2. The minimum absolute atomic E-state index is 0.391. The molecule has 0 fully saturated rings. The van der Waals surface area contributed by atoms with Gasteiger partial charge in [0.1, 0.15) is 5.75 Å². The van der Waals surface area contributed by atoms with E-state index in [1.807, 2.05) is 19.1 Å². The van der Waals surface area contributed by atoms with Gasteiger partial charge in [-0.2, -0.15) is 0 Å². The predicted molar refractivity (Wildman–Crippen MR) is 65.2 cm³/mol. The van der Waals surface area contributed by atoms with Gasteiger partial charge in [0.05, 0.1) is 7.11 Å². The number of rotatable bonds is 4. The third kappa shape index (κ3) is 3.13. The zero-order chi connectivity index (χ0) is 12.1. The quantitative estimate of drug-likeness (QED) is 0.895. The maximum atomic E-state index is 10.3. The van der Waals surface area contributed by atoms with Crippen LogP contribution in [0.15, 0.2) is 16.6 Å². The van der Waals surface area contributed by atoms with Crippen LogP contribution in [0.25, 0.3) is 0 Å². The minimum Gasteiger partial charge on any atom is -0.496 e. The van der Waals surface area contributed by atoms with Crippen LogP contribution in [-0.2, 0) is 6.42 Å². The Labute approximate surface area is 103 Å². The first-order valence-corrected chi connectivity index (χ1v) is 5.64. The van der Waals surface area contributed by atoms with Crippen LogP contribution in [0, 0.1) is 6.92 Å². The van der Waals surface area contributed by atoms with Gasteiger partial charge in [-0.15, -0.1) is 0 Å². The predicted octanol–water partition coefficient (Wildman–Crippen LogP) is 2.58. The molecule has 1 rings (SSSR count). The van der Waals surface area contributed by atoms with E-state index >= 15 is 0 Å². The molecule has 1 amide bonds. The molecule has 0 saturated carbocycles. The second kappa shape index (κ2) is 5.75. The van der Waals surface area contributed by atoms with Crippen LogP contribution in [0.1, 0.15) is 11.1 Å². The van der Waals surface area contributed by atoms with Crippen molar-refractivity contribution in [1.29, 1.82) is 0 Å². The number of benzene rings is 1. The Morgan fingerprint density at radius 3 is 2.81 bits per heavy atom. The Kier molecular flexibility index (Phi) is 4.61. The standard InChI is InChI=1S/C11H14BrNO3/c1-7-8(5-6-13-11(14)15)9(12)3-4-10(7)16-2/h3-4,13H,5-6H2,1-2H3,(H,14,15). The number of hydrogen-bond donors (Lipinski definition) is 2. The normalized spacial score (nSPS) is 9.94. The lowest BCUT2D eigenvalue weighted by atomic mass is 10.0. The van der Waals surface area contributed by atoms with E-state index in [1.165, 1.54) is 0 Å². The lowest BCUT2D eigenvalue weighted by Crippen LogP contribution is -2.23. The van der Waals surface area contributed by atoms with E-state index in [2.05, 4.69) is 21.2 Å². The van der Waals surface area contributed by atoms with Crippen LogP contribution < -0.4 is 10.1 Å². The molecular formula is C11H14BrNO3. The van der Waals surface area contributed by atoms with E-state index in [1.54, 1.807) is 7.11 Å². The fourth-order valence-electron chi connectivity index (χ4n) is 1.52. The summed E-state index contributed by atoms with van der Waals surface area (Å²) < 4.78 is 6.18. The summed E-state index contributed by atoms with van der Waals surface area (Å²) in [6.45, 7) is 2.35. The van der Waals surface area contributed by atoms with Crippen LogP contribution in [-0.4, -0.2) is 24.9 Å². The third-order valence-electron chi connectivity index (χ3n) is 2.36. The van der Waals surface area contributed by atoms with Gasteiger partial charge in [-0.05, 0) is 36.6 Å². The maximum Gasteiger partial charge on any atom is 0.404 e. The number of carboxylic acid groups (broad SMARTS) is 1. The molecule has 0 aromatic heterocycles. The summed E-state index contributed by atoms with van der Waals surface area (Å²) in [6.07, 6.45) is -0.368. The Morgan fingerprint density at radius 1 is 1.56 bits per heavy atom. The molecule has 0 saturated heterocycles. The molecule has 16 heavy (non-hydrogen) atoms. The summed E-state index contributed by atoms with van der Waals surface area (Å²) >= 11 is 3.45. The summed E-state index contributed by atoms with van der Waals surface area (Å²) in [5.41, 5.74) is 2.09. The zero-order valence-corrected chi connectivity index (χ0v) is 10.8. The van der Waals surface area contributed by atoms with Crippen molar-refractivity contribution in [2.24, 2.45) is 0 Å². The van der Waals surface area contributed by atoms with Crippen molar-refractivity contribution in [1.82, 2.24) is 5.32 Å². The number of carbonyl (C=O) groups is 1. The Morgan fingerprint density at radius 2 is 2.25 bits per heavy atom. The topological polar surface area (TPSA) is 58.6 Å². The van der Waals surface area contributed by atoms with Crippen molar-refractivity contribution in [3.63, 3.8) is 0 Å². The fourth-order valence-corrected chi connectivity index (χ4v) is 2.15. The highest BCUT2D eigenvalue weighted by molar-refractivity contribution is 9.10. The van der Waals surface area contributed by atoms with Gasteiger partial charge in [0.15, 0.2) is 0 Å². The number of nitrogens with one attached hydrogen (secondary N) is 1. The summed E-state index contributed by atoms with van der Waals surface area (Å²) in [5, 5.41) is 10.8. The van der Waals surface area contributed by atoms with Gasteiger partial charge in [0.2, 0.25) is 0 Å². The van der Waals surface area contributed by atoms with Gasteiger partial charge in [-0.25, -0.2) is 4.79 Å². The Hall–Kier alpha value is -1.23. The van der Waals surface area contributed by atoms with Gasteiger partial charge >= 0.3 is 6.09 Å². The minimum atomic E-state index is -1.00. The average molecular weight is 288 g/mol. The highest BCUT2D eigenvalue weighted by atomic mass is 79.9. The first-order valence-electron chi connectivity index (χ1n) is 4.85. The largest absolute Gasteiger partial charge is 0.496 e. The van der Waals surface area contributed by atoms with Gasteiger partial charge in [-0.1, -0.05) is 15.9 Å². The molecule has 0 aliphatic carbocycles. The van der Waals surface area contributed by atoms with E-state index in [9.17, 15) is 4.79 Å². The molecular weight excluding hydrogens is 274 g/mol. The molecule has 0 aliphatic rings. The van der Waals surface area contributed by atoms with Crippen molar-refractivity contribution >= 4 is 22.0 Å². The van der Waals surface area contributed by atoms with Crippen LogP contribution in [0.2, 0.25) is 0 Å². The van der Waals surface area contributed by atoms with Crippen molar-refractivity contribution in [2.75, 3.05) is 13.7 Å². The van der Waals surface area contributed by atoms with Crippen LogP contribution in [0.5, 0.6) is 5.75 Å². The molecule has 4 nitrogen and oxygen atoms in total.